The molecule has 4 aromatic rings. The number of aryl methyl sites for hydroxylation is 1. The Morgan fingerprint density at radius 3 is 2.54 bits per heavy atom. The fourth-order valence-corrected chi connectivity index (χ4v) is 4.73. The van der Waals surface area contributed by atoms with Gasteiger partial charge in [-0.3, -0.25) is 4.79 Å². The van der Waals surface area contributed by atoms with E-state index >= 15 is 0 Å². The Labute approximate surface area is 215 Å². The molecule has 0 radical (unpaired) electrons. The van der Waals surface area contributed by atoms with Crippen molar-refractivity contribution in [2.24, 2.45) is 0 Å². The minimum absolute atomic E-state index is 0.0617. The molecule has 0 saturated heterocycles. The number of nitrogens with one attached hydrogen (secondary N) is 1. The summed E-state index contributed by atoms with van der Waals surface area (Å²) in [7, 11) is 0. The van der Waals surface area contributed by atoms with E-state index in [1.165, 1.54) is 29.7 Å². The zero-order chi connectivity index (χ0) is 26.8. The highest BCUT2D eigenvalue weighted by Crippen LogP contribution is 2.34. The number of nitrogens with zero attached hydrogens (tertiary/aromatic N) is 3. The second kappa shape index (κ2) is 10.5. The second-order valence-electron chi connectivity index (χ2n) is 8.90. The summed E-state index contributed by atoms with van der Waals surface area (Å²) in [6.45, 7) is 1.79. The molecule has 196 valence electrons. The van der Waals surface area contributed by atoms with Crippen LogP contribution in [0.15, 0.2) is 59.4 Å². The molecule has 2 aromatic carbocycles. The predicted molar refractivity (Wildman–Crippen MR) is 136 cm³/mol. The van der Waals surface area contributed by atoms with Gasteiger partial charge in [-0.25, -0.2) is 9.07 Å². The van der Waals surface area contributed by atoms with Crippen molar-refractivity contribution in [1.29, 1.82) is 0 Å². The minimum atomic E-state index is -5.01. The van der Waals surface area contributed by atoms with Gasteiger partial charge in [0.25, 0.3) is 5.91 Å². The van der Waals surface area contributed by atoms with Crippen molar-refractivity contribution < 1.29 is 27.5 Å². The first-order chi connectivity index (χ1) is 17.5. The predicted octanol–water partition coefficient (Wildman–Crippen LogP) is 5.79. The van der Waals surface area contributed by atoms with Crippen molar-refractivity contribution in [3.8, 4) is 5.69 Å². The van der Waals surface area contributed by atoms with Crippen LogP contribution in [0.2, 0.25) is 0 Å². The molecule has 0 fully saturated rings. The van der Waals surface area contributed by atoms with Crippen molar-refractivity contribution in [1.82, 2.24) is 14.7 Å². The summed E-state index contributed by atoms with van der Waals surface area (Å²) >= 11 is 1.27. The van der Waals surface area contributed by atoms with Gasteiger partial charge in [0.1, 0.15) is 5.82 Å². The first-order valence-corrected chi connectivity index (χ1v) is 12.6. The molecule has 2 heterocycles. The largest absolute Gasteiger partial charge is 0.420 e. The molecule has 0 saturated carbocycles. The Hall–Kier alpha value is -3.44. The fraction of sp³-hybridized carbons (Fsp3) is 0.308. The Kier molecular flexibility index (Phi) is 7.56. The normalized spacial score (nSPS) is 13.5. The Balaban J connectivity index is 1.63. The number of benzene rings is 2. The third-order valence-electron chi connectivity index (χ3n) is 6.00. The highest BCUT2D eigenvalue weighted by atomic mass is 32.1. The molecule has 0 aliphatic rings. The number of hydrogen-bond acceptors (Lipinski definition) is 5. The number of carbonyl (C=O) groups excluding carboxylic acids is 1. The highest BCUT2D eigenvalue weighted by Gasteiger charge is 2.55. The zero-order valence-electron chi connectivity index (χ0n) is 20.2. The number of alkyl halides is 3. The van der Waals surface area contributed by atoms with Gasteiger partial charge in [0, 0.05) is 23.0 Å². The van der Waals surface area contributed by atoms with E-state index in [0.29, 0.717) is 28.7 Å². The van der Waals surface area contributed by atoms with E-state index in [0.717, 1.165) is 10.5 Å². The Morgan fingerprint density at radius 1 is 1.19 bits per heavy atom. The minimum Gasteiger partial charge on any atom is -0.381 e. The molecule has 0 bridgehead atoms. The molecule has 4 rings (SSSR count). The lowest BCUT2D eigenvalue weighted by Gasteiger charge is -2.36. The number of aliphatic hydroxyl groups is 1. The maximum Gasteiger partial charge on any atom is 0.420 e. The summed E-state index contributed by atoms with van der Waals surface area (Å²) in [5, 5.41) is 21.7. The quantitative estimate of drug-likeness (QED) is 0.267. The summed E-state index contributed by atoms with van der Waals surface area (Å²) in [6.07, 6.45) is -3.09. The Morgan fingerprint density at radius 2 is 1.92 bits per heavy atom. The van der Waals surface area contributed by atoms with Crippen LogP contribution in [0.1, 0.15) is 29.3 Å². The van der Waals surface area contributed by atoms with E-state index in [1.807, 2.05) is 6.07 Å². The molecule has 6 nitrogen and oxygen atoms in total. The van der Waals surface area contributed by atoms with E-state index in [2.05, 4.69) is 10.4 Å². The summed E-state index contributed by atoms with van der Waals surface area (Å²) < 4.78 is 57.5. The average Bonchev–Trinajstić information content (AvgIpc) is 3.52. The molecule has 0 aliphatic heterocycles. The lowest BCUT2D eigenvalue weighted by molar-refractivity contribution is -0.257. The number of halogens is 4. The number of aromatic nitrogens is 2. The van der Waals surface area contributed by atoms with Crippen molar-refractivity contribution in [3.05, 3.63) is 76.4 Å². The third kappa shape index (κ3) is 5.62. The molecular formula is C26H26F4N4O2S. The smallest absolute Gasteiger partial charge is 0.381 e. The van der Waals surface area contributed by atoms with Gasteiger partial charge < -0.3 is 15.3 Å². The van der Waals surface area contributed by atoms with Crippen LogP contribution in [0.3, 0.4) is 0 Å². The number of fused-ring (bicyclic) bond motifs is 1. The highest BCUT2D eigenvalue weighted by molar-refractivity contribution is 7.08. The molecule has 1 atom stereocenters. The van der Waals surface area contributed by atoms with Crippen LogP contribution in [0.4, 0.5) is 23.2 Å². The number of carbonyl (C=O) groups is 1. The summed E-state index contributed by atoms with van der Waals surface area (Å²) in [5.41, 5.74) is -0.653. The van der Waals surface area contributed by atoms with Crippen LogP contribution in [0.25, 0.3) is 16.6 Å². The molecule has 2 aromatic heterocycles. The number of rotatable bonds is 9. The number of thiophene rings is 1. The van der Waals surface area contributed by atoms with Gasteiger partial charge in [-0.15, -0.1) is 0 Å². The first kappa shape index (κ1) is 26.6. The SMILES string of the molecule is CCCN(CC(O)(CNc1cc(C)cc2c1cnn2-c1ccc(F)cc1)C(F)(F)F)C(=O)c1ccsc1. The topological polar surface area (TPSA) is 70.4 Å². The van der Waals surface area contributed by atoms with Gasteiger partial charge in [0.2, 0.25) is 0 Å². The first-order valence-electron chi connectivity index (χ1n) is 11.6. The zero-order valence-corrected chi connectivity index (χ0v) is 21.0. The molecule has 1 unspecified atom stereocenters. The molecule has 1 amide bonds. The standard InChI is InChI=1S/C26H26F4N4O2S/c1-3-9-33(24(35)18-8-10-37-14-18)16-25(36,26(28,29)30)15-31-22-11-17(2)12-23-21(22)13-32-34(23)20-6-4-19(27)5-7-20/h4-8,10-14,31,36H,3,9,15-16H2,1-2H3. The van der Waals surface area contributed by atoms with Crippen LogP contribution >= 0.6 is 11.3 Å². The molecule has 2 N–H and O–H groups in total. The monoisotopic (exact) mass is 534 g/mol. The molecular weight excluding hydrogens is 508 g/mol. The summed E-state index contributed by atoms with van der Waals surface area (Å²) in [5.74, 6) is -0.968. The van der Waals surface area contributed by atoms with Gasteiger partial charge >= 0.3 is 6.18 Å². The number of amides is 1. The van der Waals surface area contributed by atoms with Gasteiger partial charge in [0.15, 0.2) is 5.60 Å². The second-order valence-corrected chi connectivity index (χ2v) is 9.68. The van der Waals surface area contributed by atoms with Crippen molar-refractivity contribution >= 4 is 33.8 Å². The van der Waals surface area contributed by atoms with Gasteiger partial charge in [-0.2, -0.15) is 29.6 Å². The summed E-state index contributed by atoms with van der Waals surface area (Å²) in [6, 6.07) is 10.7. The molecule has 37 heavy (non-hydrogen) atoms. The van der Waals surface area contributed by atoms with Crippen molar-refractivity contribution in [3.63, 3.8) is 0 Å². The van der Waals surface area contributed by atoms with Crippen LogP contribution in [0.5, 0.6) is 0 Å². The van der Waals surface area contributed by atoms with Crippen LogP contribution < -0.4 is 5.32 Å². The average molecular weight is 535 g/mol. The van der Waals surface area contributed by atoms with E-state index in [-0.39, 0.29) is 12.1 Å². The lowest BCUT2D eigenvalue weighted by Crippen LogP contribution is -2.58. The van der Waals surface area contributed by atoms with Gasteiger partial charge in [0.05, 0.1) is 36.1 Å². The molecule has 11 heteroatoms. The van der Waals surface area contributed by atoms with E-state index in [1.54, 1.807) is 53.6 Å². The fourth-order valence-electron chi connectivity index (χ4n) is 4.10. The maximum absolute atomic E-state index is 14.2. The number of hydrogen-bond donors (Lipinski definition) is 2. The van der Waals surface area contributed by atoms with Crippen LogP contribution in [0, 0.1) is 12.7 Å². The van der Waals surface area contributed by atoms with E-state index in [4.69, 9.17) is 0 Å². The van der Waals surface area contributed by atoms with Gasteiger partial charge in [-0.05, 0) is 66.8 Å². The van der Waals surface area contributed by atoms with Crippen molar-refractivity contribution in [2.45, 2.75) is 32.0 Å². The lowest BCUT2D eigenvalue weighted by atomic mass is 10.0. The van der Waals surface area contributed by atoms with E-state index < -0.39 is 36.6 Å². The van der Waals surface area contributed by atoms with Crippen LogP contribution in [-0.2, 0) is 0 Å². The maximum atomic E-state index is 14.2. The summed E-state index contributed by atoms with van der Waals surface area (Å²) in [4.78, 5) is 13.9. The van der Waals surface area contributed by atoms with Crippen molar-refractivity contribution in [2.75, 3.05) is 25.0 Å². The van der Waals surface area contributed by atoms with E-state index in [9.17, 15) is 27.5 Å². The Bertz CT molecular complexity index is 1370. The molecule has 0 spiro atoms. The van der Waals surface area contributed by atoms with Crippen LogP contribution in [-0.4, -0.2) is 57.1 Å². The third-order valence-corrected chi connectivity index (χ3v) is 6.69. The van der Waals surface area contributed by atoms with Gasteiger partial charge in [-0.1, -0.05) is 6.92 Å². The molecule has 0 aliphatic carbocycles. The number of anilines is 1.